The Kier molecular flexibility index (Phi) is 8.25. The Bertz CT molecular complexity index is 756. The number of hydrogen-bond acceptors (Lipinski definition) is 3. The van der Waals surface area contributed by atoms with Crippen molar-refractivity contribution in [3.63, 3.8) is 0 Å². The van der Waals surface area contributed by atoms with Crippen molar-refractivity contribution in [3.8, 4) is 0 Å². The number of amides is 2. The molecular weight excluding hydrogens is 362 g/mol. The van der Waals surface area contributed by atoms with Gasteiger partial charge in [0.05, 0.1) is 0 Å². The van der Waals surface area contributed by atoms with Gasteiger partial charge >= 0.3 is 0 Å². The van der Waals surface area contributed by atoms with E-state index in [9.17, 15) is 9.59 Å². The van der Waals surface area contributed by atoms with Gasteiger partial charge in [-0.2, -0.15) is 0 Å². The van der Waals surface area contributed by atoms with Crippen molar-refractivity contribution >= 4 is 11.8 Å². The zero-order valence-corrected chi connectivity index (χ0v) is 17.0. The molecule has 154 valence electrons. The highest BCUT2D eigenvalue weighted by Crippen LogP contribution is 2.09. The summed E-state index contributed by atoms with van der Waals surface area (Å²) in [6.45, 7) is 3.67. The first-order chi connectivity index (χ1) is 14.2. The Labute approximate surface area is 173 Å². The summed E-state index contributed by atoms with van der Waals surface area (Å²) >= 11 is 0. The van der Waals surface area contributed by atoms with E-state index in [2.05, 4.69) is 15.5 Å². The van der Waals surface area contributed by atoms with Crippen LogP contribution in [-0.2, 0) is 11.2 Å². The Morgan fingerprint density at radius 2 is 1.48 bits per heavy atom. The van der Waals surface area contributed by atoms with Crippen LogP contribution in [0, 0.1) is 0 Å². The van der Waals surface area contributed by atoms with E-state index in [0.29, 0.717) is 18.5 Å². The SMILES string of the molecule is O=C(NC(Cc1ccccc1)C(=O)NCCN1CCCCCC1)c1ccccc1. The van der Waals surface area contributed by atoms with E-state index in [4.69, 9.17) is 0 Å². The van der Waals surface area contributed by atoms with E-state index in [0.717, 1.165) is 25.2 Å². The molecule has 2 aromatic rings. The van der Waals surface area contributed by atoms with Gasteiger partial charge in [0.2, 0.25) is 5.91 Å². The molecule has 1 saturated heterocycles. The number of hydrogen-bond donors (Lipinski definition) is 2. The highest BCUT2D eigenvalue weighted by molar-refractivity contribution is 5.97. The standard InChI is InChI=1S/C24H31N3O2/c28-23(21-13-7-4-8-14-21)26-22(19-20-11-5-3-6-12-20)24(29)25-15-18-27-16-9-1-2-10-17-27/h3-8,11-14,22H,1-2,9-10,15-19H2,(H,25,29)(H,26,28). The topological polar surface area (TPSA) is 61.4 Å². The minimum atomic E-state index is -0.603. The van der Waals surface area contributed by atoms with Gasteiger partial charge in [0.25, 0.3) is 5.91 Å². The largest absolute Gasteiger partial charge is 0.353 e. The summed E-state index contributed by atoms with van der Waals surface area (Å²) in [5.74, 6) is -0.359. The van der Waals surface area contributed by atoms with Crippen molar-refractivity contribution in [3.05, 3.63) is 71.8 Å². The van der Waals surface area contributed by atoms with Crippen molar-refractivity contribution in [2.24, 2.45) is 0 Å². The molecule has 1 aliphatic heterocycles. The first-order valence-electron chi connectivity index (χ1n) is 10.6. The molecule has 0 aliphatic carbocycles. The second kappa shape index (κ2) is 11.4. The predicted molar refractivity (Wildman–Crippen MR) is 116 cm³/mol. The lowest BCUT2D eigenvalue weighted by Gasteiger charge is -2.22. The Balaban J connectivity index is 1.58. The molecule has 5 nitrogen and oxygen atoms in total. The van der Waals surface area contributed by atoms with Gasteiger partial charge in [-0.1, -0.05) is 61.4 Å². The molecule has 2 N–H and O–H groups in total. The lowest BCUT2D eigenvalue weighted by Crippen LogP contribution is -2.49. The fourth-order valence-electron chi connectivity index (χ4n) is 3.71. The average Bonchev–Trinajstić information content (AvgIpc) is 3.03. The third kappa shape index (κ3) is 7.02. The van der Waals surface area contributed by atoms with Gasteiger partial charge in [-0.25, -0.2) is 0 Å². The van der Waals surface area contributed by atoms with Crippen molar-refractivity contribution < 1.29 is 9.59 Å². The van der Waals surface area contributed by atoms with Crippen LogP contribution in [0.25, 0.3) is 0 Å². The Morgan fingerprint density at radius 1 is 0.862 bits per heavy atom. The van der Waals surface area contributed by atoms with Crippen LogP contribution in [0.5, 0.6) is 0 Å². The molecule has 1 unspecified atom stereocenters. The summed E-state index contributed by atoms with van der Waals surface area (Å²) in [6, 6.07) is 18.2. The fourth-order valence-corrected chi connectivity index (χ4v) is 3.71. The smallest absolute Gasteiger partial charge is 0.251 e. The van der Waals surface area contributed by atoms with Crippen LogP contribution in [0.1, 0.15) is 41.6 Å². The van der Waals surface area contributed by atoms with Gasteiger partial charge in [0.1, 0.15) is 6.04 Å². The molecule has 1 heterocycles. The normalized spacial score (nSPS) is 15.9. The maximum atomic E-state index is 12.9. The van der Waals surface area contributed by atoms with Crippen molar-refractivity contribution in [1.29, 1.82) is 0 Å². The van der Waals surface area contributed by atoms with E-state index in [1.807, 2.05) is 48.5 Å². The fraction of sp³-hybridized carbons (Fsp3) is 0.417. The number of carbonyl (C=O) groups is 2. The molecule has 0 radical (unpaired) electrons. The van der Waals surface area contributed by atoms with Crippen LogP contribution in [0.15, 0.2) is 60.7 Å². The van der Waals surface area contributed by atoms with Gasteiger partial charge < -0.3 is 15.5 Å². The second-order valence-corrected chi connectivity index (χ2v) is 7.63. The van der Waals surface area contributed by atoms with Crippen LogP contribution >= 0.6 is 0 Å². The lowest BCUT2D eigenvalue weighted by atomic mass is 10.0. The summed E-state index contributed by atoms with van der Waals surface area (Å²) < 4.78 is 0. The quantitative estimate of drug-likeness (QED) is 0.725. The number of nitrogens with one attached hydrogen (secondary N) is 2. The number of benzene rings is 2. The van der Waals surface area contributed by atoms with E-state index >= 15 is 0 Å². The minimum absolute atomic E-state index is 0.132. The molecule has 0 saturated carbocycles. The molecule has 3 rings (SSSR count). The average molecular weight is 394 g/mol. The third-order valence-electron chi connectivity index (χ3n) is 5.37. The van der Waals surface area contributed by atoms with Crippen LogP contribution in [-0.4, -0.2) is 48.9 Å². The Morgan fingerprint density at radius 3 is 2.14 bits per heavy atom. The van der Waals surface area contributed by atoms with Crippen molar-refractivity contribution in [2.45, 2.75) is 38.1 Å². The van der Waals surface area contributed by atoms with Crippen LogP contribution < -0.4 is 10.6 Å². The summed E-state index contributed by atoms with van der Waals surface area (Å²) in [5, 5.41) is 5.95. The van der Waals surface area contributed by atoms with E-state index < -0.39 is 6.04 Å². The van der Waals surface area contributed by atoms with E-state index in [1.165, 1.54) is 25.7 Å². The molecular formula is C24H31N3O2. The molecule has 0 aromatic heterocycles. The lowest BCUT2D eigenvalue weighted by molar-refractivity contribution is -0.123. The molecule has 0 spiro atoms. The molecule has 1 fully saturated rings. The number of rotatable bonds is 8. The van der Waals surface area contributed by atoms with Gasteiger partial charge in [-0.15, -0.1) is 0 Å². The number of carbonyl (C=O) groups excluding carboxylic acids is 2. The molecule has 29 heavy (non-hydrogen) atoms. The van der Waals surface area contributed by atoms with Gasteiger partial charge in [-0.05, 0) is 43.6 Å². The van der Waals surface area contributed by atoms with Gasteiger partial charge in [-0.3, -0.25) is 9.59 Å². The summed E-state index contributed by atoms with van der Waals surface area (Å²) in [5.41, 5.74) is 1.58. The van der Waals surface area contributed by atoms with Crippen LogP contribution in [0.2, 0.25) is 0 Å². The van der Waals surface area contributed by atoms with Crippen molar-refractivity contribution in [1.82, 2.24) is 15.5 Å². The summed E-state index contributed by atoms with van der Waals surface area (Å²) in [6.07, 6.45) is 5.53. The molecule has 0 bridgehead atoms. The highest BCUT2D eigenvalue weighted by Gasteiger charge is 2.22. The molecule has 2 amide bonds. The van der Waals surface area contributed by atoms with Gasteiger partial charge in [0.15, 0.2) is 0 Å². The highest BCUT2D eigenvalue weighted by atomic mass is 16.2. The zero-order valence-electron chi connectivity index (χ0n) is 17.0. The Hall–Kier alpha value is -2.66. The minimum Gasteiger partial charge on any atom is -0.353 e. The summed E-state index contributed by atoms with van der Waals surface area (Å²) in [7, 11) is 0. The first-order valence-corrected chi connectivity index (χ1v) is 10.6. The molecule has 1 aliphatic rings. The molecule has 2 aromatic carbocycles. The monoisotopic (exact) mass is 393 g/mol. The maximum absolute atomic E-state index is 12.9. The zero-order chi connectivity index (χ0) is 20.3. The number of nitrogens with zero attached hydrogens (tertiary/aromatic N) is 1. The van der Waals surface area contributed by atoms with Crippen LogP contribution in [0.4, 0.5) is 0 Å². The maximum Gasteiger partial charge on any atom is 0.251 e. The third-order valence-corrected chi connectivity index (χ3v) is 5.37. The molecule has 5 heteroatoms. The summed E-state index contributed by atoms with van der Waals surface area (Å²) in [4.78, 5) is 27.9. The first kappa shape index (κ1) is 21.1. The van der Waals surface area contributed by atoms with E-state index in [-0.39, 0.29) is 11.8 Å². The van der Waals surface area contributed by atoms with Gasteiger partial charge in [0, 0.05) is 25.1 Å². The second-order valence-electron chi connectivity index (χ2n) is 7.63. The van der Waals surface area contributed by atoms with Crippen LogP contribution in [0.3, 0.4) is 0 Å². The molecule has 1 atom stereocenters. The van der Waals surface area contributed by atoms with E-state index in [1.54, 1.807) is 12.1 Å². The van der Waals surface area contributed by atoms with Crippen molar-refractivity contribution in [2.75, 3.05) is 26.2 Å². The predicted octanol–water partition coefficient (Wildman–Crippen LogP) is 3.02. The number of likely N-dealkylation sites (tertiary alicyclic amines) is 1.